The van der Waals surface area contributed by atoms with Crippen molar-refractivity contribution in [2.45, 2.75) is 57.6 Å². The number of aliphatic hydroxyl groups is 1. The van der Waals surface area contributed by atoms with Gasteiger partial charge in [0.05, 0.1) is 17.2 Å². The number of nitrogens with one attached hydrogen (secondary N) is 2. The Balaban J connectivity index is 1.42. The van der Waals surface area contributed by atoms with E-state index in [1.165, 1.54) is 0 Å². The van der Waals surface area contributed by atoms with Gasteiger partial charge in [0.25, 0.3) is 5.91 Å². The minimum absolute atomic E-state index is 0.0749. The van der Waals surface area contributed by atoms with E-state index in [9.17, 15) is 14.7 Å². The van der Waals surface area contributed by atoms with Crippen LogP contribution in [0.25, 0.3) is 12.0 Å². The van der Waals surface area contributed by atoms with E-state index in [1.54, 1.807) is 53.3 Å². The minimum atomic E-state index is -0.745. The summed E-state index contributed by atoms with van der Waals surface area (Å²) in [6.07, 6.45) is 13.0. The SMILES string of the molecule is CNC(=O)C(C)(C)C=Cn1ncc(C(=O)NC2C3CC4CC2CC(O)(C4)C3)c1-n1cccn1. The first-order valence-corrected chi connectivity index (χ1v) is 11.7. The van der Waals surface area contributed by atoms with Crippen molar-refractivity contribution in [2.75, 3.05) is 7.05 Å². The van der Waals surface area contributed by atoms with E-state index < -0.39 is 11.0 Å². The van der Waals surface area contributed by atoms with Crippen LogP contribution in [0.15, 0.2) is 30.7 Å². The van der Waals surface area contributed by atoms with Gasteiger partial charge in [-0.25, -0.2) is 9.36 Å². The summed E-state index contributed by atoms with van der Waals surface area (Å²) in [5.41, 5.74) is -0.857. The van der Waals surface area contributed by atoms with E-state index in [1.807, 2.05) is 13.8 Å². The van der Waals surface area contributed by atoms with Crippen LogP contribution in [0, 0.1) is 23.2 Å². The lowest BCUT2D eigenvalue weighted by Gasteiger charge is -2.58. The topological polar surface area (TPSA) is 114 Å². The molecule has 3 N–H and O–H groups in total. The molecule has 0 saturated heterocycles. The number of hydrogen-bond acceptors (Lipinski definition) is 5. The van der Waals surface area contributed by atoms with E-state index >= 15 is 0 Å². The van der Waals surface area contributed by atoms with Gasteiger partial charge in [-0.05, 0) is 69.8 Å². The van der Waals surface area contributed by atoms with Crippen molar-refractivity contribution in [3.63, 3.8) is 0 Å². The number of amides is 2. The third-order valence-electron chi connectivity index (χ3n) is 7.72. The number of hydrogen-bond donors (Lipinski definition) is 3. The Morgan fingerprint density at radius 1 is 1.21 bits per heavy atom. The van der Waals surface area contributed by atoms with Gasteiger partial charge >= 0.3 is 0 Å². The Kier molecular flexibility index (Phi) is 5.19. The molecule has 0 aliphatic heterocycles. The molecule has 2 heterocycles. The molecule has 9 nitrogen and oxygen atoms in total. The maximum atomic E-state index is 13.4. The molecule has 2 aromatic heterocycles. The van der Waals surface area contributed by atoms with E-state index in [4.69, 9.17) is 0 Å². The van der Waals surface area contributed by atoms with Crippen molar-refractivity contribution >= 4 is 18.0 Å². The van der Waals surface area contributed by atoms with Crippen LogP contribution >= 0.6 is 0 Å². The molecule has 0 radical (unpaired) electrons. The van der Waals surface area contributed by atoms with Crippen LogP contribution in [0.1, 0.15) is 56.3 Å². The highest BCUT2D eigenvalue weighted by Gasteiger charge is 2.55. The Morgan fingerprint density at radius 3 is 2.55 bits per heavy atom. The highest BCUT2D eigenvalue weighted by atomic mass is 16.3. The second kappa shape index (κ2) is 7.83. The molecule has 6 rings (SSSR count). The molecule has 4 fully saturated rings. The highest BCUT2D eigenvalue weighted by molar-refractivity contribution is 5.97. The quantitative estimate of drug-likeness (QED) is 0.620. The van der Waals surface area contributed by atoms with Crippen LogP contribution in [0.3, 0.4) is 0 Å². The van der Waals surface area contributed by atoms with Crippen LogP contribution < -0.4 is 10.6 Å². The van der Waals surface area contributed by atoms with Crippen molar-refractivity contribution in [2.24, 2.45) is 23.2 Å². The molecule has 4 aliphatic rings. The zero-order valence-corrected chi connectivity index (χ0v) is 19.4. The van der Waals surface area contributed by atoms with Crippen LogP contribution in [0.2, 0.25) is 0 Å². The average molecular weight is 453 g/mol. The van der Waals surface area contributed by atoms with Gasteiger partial charge in [-0.15, -0.1) is 0 Å². The second-order valence-corrected chi connectivity index (χ2v) is 10.6. The normalized spacial score (nSPS) is 30.7. The maximum absolute atomic E-state index is 13.4. The third kappa shape index (κ3) is 3.88. The predicted octanol–water partition coefficient (Wildman–Crippen LogP) is 1.98. The number of nitrogens with zero attached hydrogens (tertiary/aromatic N) is 4. The Labute approximate surface area is 193 Å². The van der Waals surface area contributed by atoms with E-state index in [0.29, 0.717) is 29.1 Å². The van der Waals surface area contributed by atoms with Crippen molar-refractivity contribution in [1.29, 1.82) is 0 Å². The van der Waals surface area contributed by atoms with Gasteiger partial charge in [0.2, 0.25) is 5.91 Å². The number of carbonyl (C=O) groups is 2. The zero-order valence-electron chi connectivity index (χ0n) is 19.4. The molecule has 0 spiro atoms. The Hall–Kier alpha value is -2.94. The maximum Gasteiger partial charge on any atom is 0.257 e. The molecule has 2 unspecified atom stereocenters. The van der Waals surface area contributed by atoms with E-state index in [2.05, 4.69) is 20.8 Å². The van der Waals surface area contributed by atoms with E-state index in [0.717, 1.165) is 32.1 Å². The molecule has 9 heteroatoms. The molecule has 2 aromatic rings. The van der Waals surface area contributed by atoms with Crippen molar-refractivity contribution in [1.82, 2.24) is 30.2 Å². The molecule has 176 valence electrons. The Bertz CT molecular complexity index is 1070. The van der Waals surface area contributed by atoms with Gasteiger partial charge < -0.3 is 15.7 Å². The van der Waals surface area contributed by atoms with Gasteiger partial charge in [0.15, 0.2) is 5.82 Å². The van der Waals surface area contributed by atoms with Crippen LogP contribution in [0.5, 0.6) is 0 Å². The summed E-state index contributed by atoms with van der Waals surface area (Å²) >= 11 is 0. The van der Waals surface area contributed by atoms with Crippen LogP contribution in [-0.4, -0.2) is 55.2 Å². The standard InChI is InChI=1S/C24H32N6O3/c1-23(2,22(32)25-3)5-8-30-21(29-7-4-6-26-29)18(14-27-30)20(31)28-19-16-9-15-10-17(19)13-24(33,11-15)12-16/h4-8,14-17,19,33H,9-13H2,1-3H3,(H,25,32)(H,28,31). The molecule has 33 heavy (non-hydrogen) atoms. The largest absolute Gasteiger partial charge is 0.390 e. The molecular formula is C24H32N6O3. The summed E-state index contributed by atoms with van der Waals surface area (Å²) < 4.78 is 3.19. The van der Waals surface area contributed by atoms with Crippen molar-refractivity contribution in [3.8, 4) is 5.82 Å². The van der Waals surface area contributed by atoms with Gasteiger partial charge in [0, 0.05) is 31.7 Å². The zero-order chi connectivity index (χ0) is 23.4. The lowest BCUT2D eigenvalue weighted by atomic mass is 9.52. The molecule has 4 bridgehead atoms. The fourth-order valence-electron chi connectivity index (χ4n) is 6.35. The van der Waals surface area contributed by atoms with Crippen LogP contribution in [-0.2, 0) is 4.79 Å². The second-order valence-electron chi connectivity index (χ2n) is 10.6. The predicted molar refractivity (Wildman–Crippen MR) is 122 cm³/mol. The summed E-state index contributed by atoms with van der Waals surface area (Å²) in [6, 6.07) is 1.86. The number of aromatic nitrogens is 4. The summed E-state index contributed by atoms with van der Waals surface area (Å²) in [4.78, 5) is 25.6. The Morgan fingerprint density at radius 2 is 1.94 bits per heavy atom. The fraction of sp³-hybridized carbons (Fsp3) is 0.583. The first-order chi connectivity index (χ1) is 15.7. The van der Waals surface area contributed by atoms with Gasteiger partial charge in [0.1, 0.15) is 5.56 Å². The third-order valence-corrected chi connectivity index (χ3v) is 7.72. The van der Waals surface area contributed by atoms with Gasteiger partial charge in [-0.3, -0.25) is 9.59 Å². The monoisotopic (exact) mass is 452 g/mol. The van der Waals surface area contributed by atoms with Gasteiger partial charge in [-0.1, -0.05) is 6.08 Å². The highest BCUT2D eigenvalue weighted by Crippen LogP contribution is 2.55. The lowest BCUT2D eigenvalue weighted by Crippen LogP contribution is -2.61. The number of carbonyl (C=O) groups excluding carboxylic acids is 2. The van der Waals surface area contributed by atoms with Crippen molar-refractivity contribution < 1.29 is 14.7 Å². The molecule has 0 aromatic carbocycles. The smallest absolute Gasteiger partial charge is 0.257 e. The average Bonchev–Trinajstić information content (AvgIpc) is 3.42. The summed E-state index contributed by atoms with van der Waals surface area (Å²) in [5, 5.41) is 25.5. The summed E-state index contributed by atoms with van der Waals surface area (Å²) in [7, 11) is 1.60. The summed E-state index contributed by atoms with van der Waals surface area (Å²) in [5.74, 6) is 1.44. The van der Waals surface area contributed by atoms with Gasteiger partial charge in [-0.2, -0.15) is 10.2 Å². The van der Waals surface area contributed by atoms with Crippen molar-refractivity contribution in [3.05, 3.63) is 36.3 Å². The minimum Gasteiger partial charge on any atom is -0.390 e. The molecule has 4 saturated carbocycles. The fourth-order valence-corrected chi connectivity index (χ4v) is 6.35. The van der Waals surface area contributed by atoms with E-state index in [-0.39, 0.29) is 17.9 Å². The van der Waals surface area contributed by atoms with Crippen LogP contribution in [0.4, 0.5) is 0 Å². The molecule has 4 aliphatic carbocycles. The molecule has 2 atom stereocenters. The lowest BCUT2D eigenvalue weighted by molar-refractivity contribution is -0.136. The first-order valence-electron chi connectivity index (χ1n) is 11.7. The molecular weight excluding hydrogens is 420 g/mol. The number of rotatable bonds is 6. The molecule has 2 amide bonds. The summed E-state index contributed by atoms with van der Waals surface area (Å²) in [6.45, 7) is 3.63. The first kappa shape index (κ1) is 21.9.